The van der Waals surface area contributed by atoms with Gasteiger partial charge in [-0.15, -0.1) is 11.3 Å². The van der Waals surface area contributed by atoms with Crippen LogP contribution in [-0.4, -0.2) is 26.0 Å². The lowest BCUT2D eigenvalue weighted by Gasteiger charge is -2.21. The summed E-state index contributed by atoms with van der Waals surface area (Å²) in [6.45, 7) is 1.59. The molecule has 6 heteroatoms. The first kappa shape index (κ1) is 10.7. The molecular formula is C10H9N3O2S. The molecular weight excluding hydrogens is 226 g/mol. The molecule has 0 aromatic carbocycles. The first-order chi connectivity index (χ1) is 7.65. The Balaban J connectivity index is 2.58. The fraction of sp³-hybridized carbons (Fsp3) is 0.200. The predicted molar refractivity (Wildman–Crippen MR) is 58.2 cm³/mol. The Hall–Kier alpha value is -1.82. The number of nitrogens with zero attached hydrogens (tertiary/aromatic N) is 3. The van der Waals surface area contributed by atoms with Crippen molar-refractivity contribution in [3.8, 4) is 0 Å². The second kappa shape index (κ2) is 3.97. The van der Waals surface area contributed by atoms with E-state index in [1.54, 1.807) is 24.6 Å². The van der Waals surface area contributed by atoms with Gasteiger partial charge >= 0.3 is 5.97 Å². The lowest BCUT2D eigenvalue weighted by molar-refractivity contribution is -0.141. The molecule has 5 nitrogen and oxygen atoms in total. The zero-order valence-corrected chi connectivity index (χ0v) is 9.31. The number of aliphatic carboxylic acids is 1. The third-order valence-corrected chi connectivity index (χ3v) is 3.38. The van der Waals surface area contributed by atoms with Gasteiger partial charge in [-0.3, -0.25) is 4.79 Å². The minimum absolute atomic E-state index is 0.435. The highest BCUT2D eigenvalue weighted by Gasteiger charge is 2.41. The van der Waals surface area contributed by atoms with Crippen molar-refractivity contribution in [1.29, 1.82) is 0 Å². The van der Waals surface area contributed by atoms with Crippen LogP contribution in [0.2, 0.25) is 0 Å². The Morgan fingerprint density at radius 2 is 2.25 bits per heavy atom. The number of rotatable bonds is 3. The summed E-state index contributed by atoms with van der Waals surface area (Å²) in [4.78, 5) is 23.3. The smallest absolute Gasteiger partial charge is 0.322 e. The summed E-state index contributed by atoms with van der Waals surface area (Å²) in [5.41, 5.74) is -0.776. The van der Waals surface area contributed by atoms with E-state index >= 15 is 0 Å². The van der Waals surface area contributed by atoms with Gasteiger partial charge in [0.2, 0.25) is 0 Å². The third kappa shape index (κ3) is 1.57. The maximum absolute atomic E-state index is 11.4. The van der Waals surface area contributed by atoms with E-state index in [1.165, 1.54) is 23.9 Å². The molecule has 2 aromatic rings. The average Bonchev–Trinajstić information content (AvgIpc) is 2.82. The summed E-state index contributed by atoms with van der Waals surface area (Å²) < 4.78 is 0. The van der Waals surface area contributed by atoms with Gasteiger partial charge in [0.15, 0.2) is 5.41 Å². The van der Waals surface area contributed by atoms with Crippen molar-refractivity contribution in [2.24, 2.45) is 0 Å². The van der Waals surface area contributed by atoms with Gasteiger partial charge in [0.1, 0.15) is 11.3 Å². The molecule has 0 bridgehead atoms. The van der Waals surface area contributed by atoms with E-state index in [-0.39, 0.29) is 0 Å². The largest absolute Gasteiger partial charge is 0.480 e. The minimum atomic E-state index is -1.21. The Morgan fingerprint density at radius 3 is 2.75 bits per heavy atom. The molecule has 2 heterocycles. The van der Waals surface area contributed by atoms with E-state index in [4.69, 9.17) is 0 Å². The van der Waals surface area contributed by atoms with Crippen LogP contribution in [0.4, 0.5) is 0 Å². The summed E-state index contributed by atoms with van der Waals surface area (Å²) in [6, 6.07) is 1.59. The van der Waals surface area contributed by atoms with Crippen LogP contribution in [0.5, 0.6) is 0 Å². The zero-order valence-electron chi connectivity index (χ0n) is 8.49. The molecule has 1 unspecified atom stereocenters. The molecule has 1 atom stereocenters. The van der Waals surface area contributed by atoms with Crippen LogP contribution in [0.3, 0.4) is 0 Å². The molecule has 1 N–H and O–H groups in total. The van der Waals surface area contributed by atoms with Crippen LogP contribution in [0.25, 0.3) is 0 Å². The monoisotopic (exact) mass is 235 g/mol. The van der Waals surface area contributed by atoms with Crippen molar-refractivity contribution in [3.63, 3.8) is 0 Å². The molecule has 0 saturated heterocycles. The number of aromatic nitrogens is 3. The van der Waals surface area contributed by atoms with Gasteiger partial charge in [0, 0.05) is 17.8 Å². The van der Waals surface area contributed by atoms with Crippen molar-refractivity contribution in [2.75, 3.05) is 0 Å². The molecule has 0 aliphatic carbocycles. The standard InChI is InChI=1S/C10H9N3O2S/c1-10(9(14)15,8-12-4-5-16-8)7-2-3-11-6-13-7/h2-6H,1H3,(H,14,15). The topological polar surface area (TPSA) is 76.0 Å². The molecule has 2 rings (SSSR count). The Bertz CT molecular complexity index is 486. The van der Waals surface area contributed by atoms with Gasteiger partial charge in [-0.25, -0.2) is 15.0 Å². The number of carboxylic acids is 1. The number of hydrogen-bond acceptors (Lipinski definition) is 5. The first-order valence-corrected chi connectivity index (χ1v) is 5.43. The van der Waals surface area contributed by atoms with Gasteiger partial charge in [0.25, 0.3) is 0 Å². The van der Waals surface area contributed by atoms with Crippen molar-refractivity contribution in [2.45, 2.75) is 12.3 Å². The molecule has 0 aliphatic rings. The van der Waals surface area contributed by atoms with Crippen molar-refractivity contribution in [1.82, 2.24) is 15.0 Å². The first-order valence-electron chi connectivity index (χ1n) is 4.55. The molecule has 0 fully saturated rings. The number of carbonyl (C=O) groups is 1. The second-order valence-electron chi connectivity index (χ2n) is 3.36. The second-order valence-corrected chi connectivity index (χ2v) is 4.26. The van der Waals surface area contributed by atoms with Crippen LogP contribution in [0.15, 0.2) is 30.2 Å². The third-order valence-electron chi connectivity index (χ3n) is 2.38. The van der Waals surface area contributed by atoms with E-state index in [1.807, 2.05) is 0 Å². The van der Waals surface area contributed by atoms with Crippen LogP contribution in [0.1, 0.15) is 17.6 Å². The fourth-order valence-corrected chi connectivity index (χ4v) is 2.17. The summed E-state index contributed by atoms with van der Waals surface area (Å²) in [7, 11) is 0. The lowest BCUT2D eigenvalue weighted by atomic mass is 9.87. The van der Waals surface area contributed by atoms with Crippen LogP contribution in [-0.2, 0) is 10.2 Å². The fourth-order valence-electron chi connectivity index (χ4n) is 1.37. The van der Waals surface area contributed by atoms with Crippen molar-refractivity contribution in [3.05, 3.63) is 40.9 Å². The summed E-state index contributed by atoms with van der Waals surface area (Å²) in [5.74, 6) is -0.971. The average molecular weight is 235 g/mol. The van der Waals surface area contributed by atoms with Crippen LogP contribution >= 0.6 is 11.3 Å². The highest BCUT2D eigenvalue weighted by atomic mass is 32.1. The van der Waals surface area contributed by atoms with Gasteiger partial charge in [-0.2, -0.15) is 0 Å². The van der Waals surface area contributed by atoms with Gasteiger partial charge in [-0.1, -0.05) is 0 Å². The summed E-state index contributed by atoms with van der Waals surface area (Å²) in [5, 5.41) is 11.6. The molecule has 2 aromatic heterocycles. The predicted octanol–water partition coefficient (Wildman–Crippen LogP) is 1.32. The molecule has 0 saturated carbocycles. The van der Waals surface area contributed by atoms with Crippen molar-refractivity contribution >= 4 is 17.3 Å². The van der Waals surface area contributed by atoms with Crippen LogP contribution in [0, 0.1) is 0 Å². The van der Waals surface area contributed by atoms with E-state index < -0.39 is 11.4 Å². The Kier molecular flexibility index (Phi) is 2.66. The Morgan fingerprint density at radius 1 is 1.44 bits per heavy atom. The Labute approximate surface area is 95.8 Å². The number of hydrogen-bond donors (Lipinski definition) is 1. The molecule has 82 valence electrons. The van der Waals surface area contributed by atoms with E-state index in [2.05, 4.69) is 15.0 Å². The SMILES string of the molecule is CC(C(=O)O)(c1ccncn1)c1nccs1. The molecule has 0 spiro atoms. The molecule has 0 aliphatic heterocycles. The molecule has 0 amide bonds. The summed E-state index contributed by atoms with van der Waals surface area (Å²) >= 11 is 1.30. The van der Waals surface area contributed by atoms with Gasteiger partial charge in [-0.05, 0) is 13.0 Å². The number of thiazole rings is 1. The summed E-state index contributed by atoms with van der Waals surface area (Å²) in [6.07, 6.45) is 4.45. The minimum Gasteiger partial charge on any atom is -0.480 e. The quantitative estimate of drug-likeness (QED) is 0.868. The maximum atomic E-state index is 11.4. The highest BCUT2D eigenvalue weighted by Crippen LogP contribution is 2.31. The maximum Gasteiger partial charge on any atom is 0.322 e. The van der Waals surface area contributed by atoms with E-state index in [9.17, 15) is 9.90 Å². The lowest BCUT2D eigenvalue weighted by Crippen LogP contribution is -2.34. The molecule has 0 radical (unpaired) electrons. The molecule has 16 heavy (non-hydrogen) atoms. The van der Waals surface area contributed by atoms with E-state index in [0.717, 1.165) is 0 Å². The van der Waals surface area contributed by atoms with Gasteiger partial charge < -0.3 is 5.11 Å². The normalized spacial score (nSPS) is 14.3. The van der Waals surface area contributed by atoms with Crippen LogP contribution < -0.4 is 0 Å². The highest BCUT2D eigenvalue weighted by molar-refractivity contribution is 7.09. The van der Waals surface area contributed by atoms with E-state index in [0.29, 0.717) is 10.7 Å². The zero-order chi connectivity index (χ0) is 11.6. The number of carboxylic acid groups (broad SMARTS) is 1. The van der Waals surface area contributed by atoms with Crippen molar-refractivity contribution < 1.29 is 9.90 Å². The van der Waals surface area contributed by atoms with Gasteiger partial charge in [0.05, 0.1) is 5.69 Å².